The van der Waals surface area contributed by atoms with Crippen molar-refractivity contribution in [3.05, 3.63) is 0 Å². The largest absolute Gasteiger partial charge is 0.481 e. The Morgan fingerprint density at radius 1 is 1.21 bits per heavy atom. The van der Waals surface area contributed by atoms with Crippen LogP contribution in [0.25, 0.3) is 0 Å². The molecule has 2 heterocycles. The number of hydrogen-bond acceptors (Lipinski definition) is 3. The van der Waals surface area contributed by atoms with E-state index >= 15 is 0 Å². The standard InChI is InChI=1S/C14H24N2O3/c1-16-11-5-6-12(16)8-10(7-11)9-15-13(17)3-2-4-14(18)19/h10-12H,2-9H2,1H3,(H,15,17)(H,18,19). The predicted molar refractivity (Wildman–Crippen MR) is 71.8 cm³/mol. The molecule has 5 nitrogen and oxygen atoms in total. The number of nitrogens with one attached hydrogen (secondary N) is 1. The molecule has 19 heavy (non-hydrogen) atoms. The van der Waals surface area contributed by atoms with Gasteiger partial charge < -0.3 is 15.3 Å². The predicted octanol–water partition coefficient (Wildman–Crippen LogP) is 1.23. The van der Waals surface area contributed by atoms with Crippen molar-refractivity contribution < 1.29 is 14.7 Å². The minimum absolute atomic E-state index is 0.00692. The van der Waals surface area contributed by atoms with E-state index in [9.17, 15) is 9.59 Å². The molecule has 2 rings (SSSR count). The lowest BCUT2D eigenvalue weighted by atomic mass is 9.91. The van der Waals surface area contributed by atoms with Crippen LogP contribution in [0.3, 0.4) is 0 Å². The summed E-state index contributed by atoms with van der Waals surface area (Å²) in [7, 11) is 2.21. The molecule has 2 N–H and O–H groups in total. The van der Waals surface area contributed by atoms with E-state index in [1.807, 2.05) is 0 Å². The summed E-state index contributed by atoms with van der Waals surface area (Å²) in [6, 6.07) is 1.40. The summed E-state index contributed by atoms with van der Waals surface area (Å²) < 4.78 is 0. The van der Waals surface area contributed by atoms with E-state index in [4.69, 9.17) is 5.11 Å². The fourth-order valence-corrected chi connectivity index (χ4v) is 3.44. The topological polar surface area (TPSA) is 69.6 Å². The Morgan fingerprint density at radius 2 is 1.84 bits per heavy atom. The summed E-state index contributed by atoms with van der Waals surface area (Å²) in [5.74, 6) is -0.246. The Bertz CT molecular complexity index is 332. The van der Waals surface area contributed by atoms with Crippen molar-refractivity contribution in [2.75, 3.05) is 13.6 Å². The Morgan fingerprint density at radius 3 is 2.42 bits per heavy atom. The smallest absolute Gasteiger partial charge is 0.303 e. The molecular weight excluding hydrogens is 244 g/mol. The highest BCUT2D eigenvalue weighted by Gasteiger charge is 2.38. The van der Waals surface area contributed by atoms with Crippen LogP contribution < -0.4 is 5.32 Å². The van der Waals surface area contributed by atoms with Crippen molar-refractivity contribution in [1.82, 2.24) is 10.2 Å². The zero-order chi connectivity index (χ0) is 13.8. The maximum Gasteiger partial charge on any atom is 0.303 e. The molecule has 2 fully saturated rings. The summed E-state index contributed by atoms with van der Waals surface area (Å²) in [4.78, 5) is 24.4. The highest BCUT2D eigenvalue weighted by atomic mass is 16.4. The second-order valence-electron chi connectivity index (χ2n) is 5.94. The van der Waals surface area contributed by atoms with Crippen LogP contribution in [0.2, 0.25) is 0 Å². The molecule has 0 spiro atoms. The minimum Gasteiger partial charge on any atom is -0.481 e. The van der Waals surface area contributed by atoms with E-state index in [-0.39, 0.29) is 12.3 Å². The fourth-order valence-electron chi connectivity index (χ4n) is 3.44. The maximum absolute atomic E-state index is 11.6. The number of carboxylic acids is 1. The lowest BCUT2D eigenvalue weighted by molar-refractivity contribution is -0.137. The molecule has 2 bridgehead atoms. The lowest BCUT2D eigenvalue weighted by Crippen LogP contribution is -2.43. The molecule has 5 heteroatoms. The van der Waals surface area contributed by atoms with E-state index in [1.54, 1.807) is 0 Å². The Kier molecular flexibility index (Phi) is 4.80. The third kappa shape index (κ3) is 3.93. The minimum atomic E-state index is -0.834. The van der Waals surface area contributed by atoms with Gasteiger partial charge in [0.15, 0.2) is 0 Å². The number of amides is 1. The molecule has 2 atom stereocenters. The molecular formula is C14H24N2O3. The highest BCUT2D eigenvalue weighted by Crippen LogP contribution is 2.36. The lowest BCUT2D eigenvalue weighted by Gasteiger charge is -2.36. The Balaban J connectivity index is 1.63. The van der Waals surface area contributed by atoms with Crippen molar-refractivity contribution in [3.8, 4) is 0 Å². The molecule has 0 aromatic carbocycles. The molecule has 2 unspecified atom stereocenters. The quantitative estimate of drug-likeness (QED) is 0.760. The number of fused-ring (bicyclic) bond motifs is 2. The second-order valence-corrected chi connectivity index (χ2v) is 5.94. The molecule has 108 valence electrons. The van der Waals surface area contributed by atoms with Crippen molar-refractivity contribution in [3.63, 3.8) is 0 Å². The van der Waals surface area contributed by atoms with E-state index in [2.05, 4.69) is 17.3 Å². The van der Waals surface area contributed by atoms with Crippen molar-refractivity contribution in [1.29, 1.82) is 0 Å². The van der Waals surface area contributed by atoms with E-state index < -0.39 is 5.97 Å². The second kappa shape index (κ2) is 6.37. The molecule has 2 aliphatic heterocycles. The number of piperidine rings is 1. The highest BCUT2D eigenvalue weighted by molar-refractivity contribution is 5.76. The zero-order valence-electron chi connectivity index (χ0n) is 11.6. The van der Waals surface area contributed by atoms with E-state index in [0.29, 0.717) is 30.8 Å². The summed E-state index contributed by atoms with van der Waals surface area (Å²) in [6.07, 6.45) is 5.79. The Labute approximate surface area is 114 Å². The number of rotatable bonds is 6. The number of hydrogen-bond donors (Lipinski definition) is 2. The normalized spacial score (nSPS) is 30.3. The Hall–Kier alpha value is -1.10. The van der Waals surface area contributed by atoms with Crippen LogP contribution in [0, 0.1) is 5.92 Å². The molecule has 1 amide bonds. The molecule has 2 saturated heterocycles. The van der Waals surface area contributed by atoms with Crippen molar-refractivity contribution in [2.24, 2.45) is 5.92 Å². The van der Waals surface area contributed by atoms with Gasteiger partial charge in [0.2, 0.25) is 5.91 Å². The molecule has 0 aromatic rings. The average Bonchev–Trinajstić information content (AvgIpc) is 2.60. The van der Waals surface area contributed by atoms with Gasteiger partial charge in [-0.15, -0.1) is 0 Å². The van der Waals surface area contributed by atoms with E-state index in [1.165, 1.54) is 25.7 Å². The first-order valence-electron chi connectivity index (χ1n) is 7.26. The van der Waals surface area contributed by atoms with Gasteiger partial charge in [-0.2, -0.15) is 0 Å². The summed E-state index contributed by atoms with van der Waals surface area (Å²) in [5.41, 5.74) is 0. The zero-order valence-corrected chi connectivity index (χ0v) is 11.6. The molecule has 0 saturated carbocycles. The van der Waals surface area contributed by atoms with Crippen LogP contribution in [-0.2, 0) is 9.59 Å². The number of nitrogens with zero attached hydrogens (tertiary/aromatic N) is 1. The van der Waals surface area contributed by atoms with Gasteiger partial charge in [-0.05, 0) is 45.1 Å². The van der Waals surface area contributed by atoms with Crippen molar-refractivity contribution in [2.45, 2.75) is 57.0 Å². The first-order chi connectivity index (χ1) is 9.06. The van der Waals surface area contributed by atoms with Crippen LogP contribution in [0.15, 0.2) is 0 Å². The fraction of sp³-hybridized carbons (Fsp3) is 0.857. The summed E-state index contributed by atoms with van der Waals surface area (Å²) in [5, 5.41) is 11.5. The summed E-state index contributed by atoms with van der Waals surface area (Å²) >= 11 is 0. The van der Waals surface area contributed by atoms with Gasteiger partial charge in [-0.25, -0.2) is 0 Å². The van der Waals surface area contributed by atoms with Crippen LogP contribution in [0.4, 0.5) is 0 Å². The van der Waals surface area contributed by atoms with Crippen LogP contribution >= 0.6 is 0 Å². The van der Waals surface area contributed by atoms with Gasteiger partial charge >= 0.3 is 5.97 Å². The molecule has 0 aliphatic carbocycles. The van der Waals surface area contributed by atoms with Gasteiger partial charge in [0.25, 0.3) is 0 Å². The third-order valence-electron chi connectivity index (χ3n) is 4.58. The van der Waals surface area contributed by atoms with Crippen molar-refractivity contribution >= 4 is 11.9 Å². The SMILES string of the molecule is CN1C2CCC1CC(CNC(=O)CCCC(=O)O)C2. The average molecular weight is 268 g/mol. The number of aliphatic carboxylic acids is 1. The van der Waals surface area contributed by atoms with Crippen LogP contribution in [-0.4, -0.2) is 47.6 Å². The number of carboxylic acid groups (broad SMARTS) is 1. The number of carbonyl (C=O) groups excluding carboxylic acids is 1. The monoisotopic (exact) mass is 268 g/mol. The maximum atomic E-state index is 11.6. The molecule has 0 radical (unpaired) electrons. The van der Waals surface area contributed by atoms with Gasteiger partial charge in [0.1, 0.15) is 0 Å². The van der Waals surface area contributed by atoms with Gasteiger partial charge in [0, 0.05) is 31.5 Å². The van der Waals surface area contributed by atoms with Gasteiger partial charge in [-0.1, -0.05) is 0 Å². The van der Waals surface area contributed by atoms with Gasteiger partial charge in [0.05, 0.1) is 0 Å². The van der Waals surface area contributed by atoms with E-state index in [0.717, 1.165) is 6.54 Å². The molecule has 0 aromatic heterocycles. The first kappa shape index (κ1) is 14.3. The number of carbonyl (C=O) groups is 2. The van der Waals surface area contributed by atoms with Gasteiger partial charge in [-0.3, -0.25) is 9.59 Å². The van der Waals surface area contributed by atoms with Crippen LogP contribution in [0.5, 0.6) is 0 Å². The molecule has 2 aliphatic rings. The first-order valence-corrected chi connectivity index (χ1v) is 7.26. The van der Waals surface area contributed by atoms with Crippen LogP contribution in [0.1, 0.15) is 44.9 Å². The third-order valence-corrected chi connectivity index (χ3v) is 4.58. The summed E-state index contributed by atoms with van der Waals surface area (Å²) in [6.45, 7) is 0.757.